The van der Waals surface area contributed by atoms with Crippen molar-refractivity contribution in [3.05, 3.63) is 28.7 Å². The topological polar surface area (TPSA) is 12.0 Å². The molecule has 0 saturated carbocycles. The first-order valence-electron chi connectivity index (χ1n) is 5.76. The van der Waals surface area contributed by atoms with Gasteiger partial charge in [-0.15, -0.1) is 24.1 Å². The molecule has 1 nitrogen and oxygen atoms in total. The van der Waals surface area contributed by atoms with Crippen LogP contribution in [-0.2, 0) is 0 Å². The van der Waals surface area contributed by atoms with Crippen molar-refractivity contribution in [2.45, 2.75) is 30.2 Å². The maximum Gasteiger partial charge on any atom is 0.0311 e. The van der Waals surface area contributed by atoms with Gasteiger partial charge in [0.05, 0.1) is 0 Å². The lowest BCUT2D eigenvalue weighted by Gasteiger charge is -2.15. The SMILES string of the molecule is C#CCCCC(CSc1ccccc1Br)NC. The number of rotatable bonds is 7. The van der Waals surface area contributed by atoms with Gasteiger partial charge in [-0.2, -0.15) is 0 Å². The van der Waals surface area contributed by atoms with Crippen molar-refractivity contribution in [3.63, 3.8) is 0 Å². The third-order valence-corrected chi connectivity index (χ3v) is 4.75. The fourth-order valence-electron chi connectivity index (χ4n) is 1.51. The second-order valence-corrected chi connectivity index (χ2v) is 5.74. The molecule has 17 heavy (non-hydrogen) atoms. The molecule has 92 valence electrons. The maximum absolute atomic E-state index is 5.26. The zero-order valence-corrected chi connectivity index (χ0v) is 12.5. The molecule has 0 saturated heterocycles. The Hall–Kier alpha value is -0.430. The highest BCUT2D eigenvalue weighted by Crippen LogP contribution is 2.27. The zero-order chi connectivity index (χ0) is 12.5. The molecule has 0 radical (unpaired) electrons. The van der Waals surface area contributed by atoms with E-state index in [-0.39, 0.29) is 0 Å². The highest BCUT2D eigenvalue weighted by molar-refractivity contribution is 9.10. The second-order valence-electron chi connectivity index (χ2n) is 3.82. The first-order chi connectivity index (χ1) is 8.27. The number of halogens is 1. The molecule has 1 aromatic rings. The van der Waals surface area contributed by atoms with E-state index >= 15 is 0 Å². The van der Waals surface area contributed by atoms with Gasteiger partial charge in [0.15, 0.2) is 0 Å². The van der Waals surface area contributed by atoms with Crippen LogP contribution >= 0.6 is 27.7 Å². The molecule has 1 unspecified atom stereocenters. The minimum absolute atomic E-state index is 0.528. The summed E-state index contributed by atoms with van der Waals surface area (Å²) in [4.78, 5) is 1.30. The van der Waals surface area contributed by atoms with Crippen LogP contribution in [0.2, 0.25) is 0 Å². The van der Waals surface area contributed by atoms with E-state index in [0.29, 0.717) is 6.04 Å². The lowest BCUT2D eigenvalue weighted by atomic mass is 10.1. The van der Waals surface area contributed by atoms with E-state index in [2.05, 4.69) is 45.4 Å². The van der Waals surface area contributed by atoms with Crippen LogP contribution in [-0.4, -0.2) is 18.8 Å². The predicted octanol–water partition coefficient (Wildman–Crippen LogP) is 3.93. The number of benzene rings is 1. The molecular weight excluding hydrogens is 294 g/mol. The summed E-state index contributed by atoms with van der Waals surface area (Å²) in [5.41, 5.74) is 0. The van der Waals surface area contributed by atoms with Crippen molar-refractivity contribution >= 4 is 27.7 Å². The summed E-state index contributed by atoms with van der Waals surface area (Å²) in [6.07, 6.45) is 8.36. The molecule has 1 atom stereocenters. The van der Waals surface area contributed by atoms with Crippen LogP contribution in [0.15, 0.2) is 33.6 Å². The Bertz CT molecular complexity index is 373. The molecule has 0 heterocycles. The van der Waals surface area contributed by atoms with Gasteiger partial charge in [0.25, 0.3) is 0 Å². The maximum atomic E-state index is 5.26. The number of nitrogens with one attached hydrogen (secondary N) is 1. The van der Waals surface area contributed by atoms with Crippen LogP contribution in [0.5, 0.6) is 0 Å². The third kappa shape index (κ3) is 5.63. The van der Waals surface area contributed by atoms with E-state index in [1.165, 1.54) is 9.37 Å². The summed E-state index contributed by atoms with van der Waals surface area (Å²) in [6, 6.07) is 8.86. The number of terminal acetylenes is 1. The molecule has 1 rings (SSSR count). The molecule has 1 N–H and O–H groups in total. The van der Waals surface area contributed by atoms with E-state index in [4.69, 9.17) is 6.42 Å². The first kappa shape index (κ1) is 14.6. The smallest absolute Gasteiger partial charge is 0.0311 e. The normalized spacial score (nSPS) is 12.1. The van der Waals surface area contributed by atoms with Crippen molar-refractivity contribution in [2.24, 2.45) is 0 Å². The Balaban J connectivity index is 2.37. The second kappa shape index (κ2) is 8.63. The Morgan fingerprint density at radius 1 is 1.47 bits per heavy atom. The highest BCUT2D eigenvalue weighted by Gasteiger charge is 2.07. The van der Waals surface area contributed by atoms with Crippen LogP contribution in [0.4, 0.5) is 0 Å². The van der Waals surface area contributed by atoms with Crippen LogP contribution in [0.3, 0.4) is 0 Å². The molecular formula is C14H18BrNS. The fourth-order valence-corrected chi connectivity index (χ4v) is 3.24. The molecule has 0 fully saturated rings. The molecule has 1 aromatic carbocycles. The van der Waals surface area contributed by atoms with Gasteiger partial charge in [0.1, 0.15) is 0 Å². The Morgan fingerprint density at radius 2 is 2.24 bits per heavy atom. The number of thioether (sulfide) groups is 1. The van der Waals surface area contributed by atoms with Gasteiger partial charge in [0.2, 0.25) is 0 Å². The summed E-state index contributed by atoms with van der Waals surface area (Å²) < 4.78 is 1.17. The third-order valence-electron chi connectivity index (χ3n) is 2.56. The summed E-state index contributed by atoms with van der Waals surface area (Å²) in [7, 11) is 2.02. The minimum atomic E-state index is 0.528. The van der Waals surface area contributed by atoms with Crippen LogP contribution in [0, 0.1) is 12.3 Å². The van der Waals surface area contributed by atoms with Crippen molar-refractivity contribution in [3.8, 4) is 12.3 Å². The van der Waals surface area contributed by atoms with Crippen molar-refractivity contribution in [1.29, 1.82) is 0 Å². The summed E-state index contributed by atoms with van der Waals surface area (Å²) in [5, 5.41) is 3.35. The van der Waals surface area contributed by atoms with Gasteiger partial charge in [0, 0.05) is 27.6 Å². The van der Waals surface area contributed by atoms with Gasteiger partial charge >= 0.3 is 0 Å². The number of unbranched alkanes of at least 4 members (excludes halogenated alkanes) is 1. The average molecular weight is 312 g/mol. The zero-order valence-electron chi connectivity index (χ0n) is 10.1. The highest BCUT2D eigenvalue weighted by atomic mass is 79.9. The van der Waals surface area contributed by atoms with Crippen LogP contribution in [0.1, 0.15) is 19.3 Å². The molecule has 0 spiro atoms. The minimum Gasteiger partial charge on any atom is -0.316 e. The van der Waals surface area contributed by atoms with Crippen molar-refractivity contribution in [1.82, 2.24) is 5.32 Å². The molecule has 0 bridgehead atoms. The Labute approximate surface area is 117 Å². The van der Waals surface area contributed by atoms with E-state index in [9.17, 15) is 0 Å². The monoisotopic (exact) mass is 311 g/mol. The first-order valence-corrected chi connectivity index (χ1v) is 7.54. The van der Waals surface area contributed by atoms with Crippen LogP contribution < -0.4 is 5.32 Å². The quantitative estimate of drug-likeness (QED) is 0.465. The molecule has 0 aliphatic heterocycles. The average Bonchev–Trinajstić information content (AvgIpc) is 2.35. The van der Waals surface area contributed by atoms with Gasteiger partial charge < -0.3 is 5.32 Å². The van der Waals surface area contributed by atoms with E-state index in [0.717, 1.165) is 25.0 Å². The lowest BCUT2D eigenvalue weighted by Crippen LogP contribution is -2.27. The number of hydrogen-bond donors (Lipinski definition) is 1. The van der Waals surface area contributed by atoms with Crippen LogP contribution in [0.25, 0.3) is 0 Å². The molecule has 0 aromatic heterocycles. The number of hydrogen-bond acceptors (Lipinski definition) is 2. The molecule has 3 heteroatoms. The largest absolute Gasteiger partial charge is 0.316 e. The summed E-state index contributed by atoms with van der Waals surface area (Å²) in [5.74, 6) is 3.76. The molecule has 0 aliphatic carbocycles. The fraction of sp³-hybridized carbons (Fsp3) is 0.429. The van der Waals surface area contributed by atoms with Gasteiger partial charge in [-0.05, 0) is 48.0 Å². The van der Waals surface area contributed by atoms with Gasteiger partial charge in [-0.1, -0.05) is 12.1 Å². The van der Waals surface area contributed by atoms with Crippen molar-refractivity contribution < 1.29 is 0 Å². The predicted molar refractivity (Wildman–Crippen MR) is 80.4 cm³/mol. The van der Waals surface area contributed by atoms with E-state index in [1.807, 2.05) is 24.9 Å². The molecule has 0 amide bonds. The summed E-state index contributed by atoms with van der Waals surface area (Å²) in [6.45, 7) is 0. The lowest BCUT2D eigenvalue weighted by molar-refractivity contribution is 0.554. The Morgan fingerprint density at radius 3 is 2.88 bits per heavy atom. The van der Waals surface area contributed by atoms with E-state index in [1.54, 1.807) is 0 Å². The van der Waals surface area contributed by atoms with Crippen molar-refractivity contribution in [2.75, 3.05) is 12.8 Å². The summed E-state index contributed by atoms with van der Waals surface area (Å²) >= 11 is 5.44. The molecule has 0 aliphatic rings. The Kier molecular flexibility index (Phi) is 7.43. The van der Waals surface area contributed by atoms with Gasteiger partial charge in [-0.25, -0.2) is 0 Å². The standard InChI is InChI=1S/C14H18BrNS/c1-3-4-5-8-12(16-2)11-17-14-10-7-6-9-13(14)15/h1,6-7,9-10,12,16H,4-5,8,11H2,2H3. The van der Waals surface area contributed by atoms with Gasteiger partial charge in [-0.3, -0.25) is 0 Å². The van der Waals surface area contributed by atoms with E-state index < -0.39 is 0 Å².